The molecule has 10 heteroatoms. The van der Waals surface area contributed by atoms with E-state index in [1.165, 1.54) is 125 Å². The molecule has 340 valence electrons. The molecule has 0 fully saturated rings. The number of hydrogen-bond donors (Lipinski definition) is 0. The van der Waals surface area contributed by atoms with Crippen LogP contribution in [0.4, 0.5) is 0 Å². The molecule has 0 atom stereocenters. The van der Waals surface area contributed by atoms with Crippen LogP contribution < -0.4 is 28.4 Å². The summed E-state index contributed by atoms with van der Waals surface area (Å²) in [6, 6.07) is 31.7. The van der Waals surface area contributed by atoms with Crippen molar-refractivity contribution in [3.63, 3.8) is 0 Å². The maximum atomic E-state index is 13.1. The Morgan fingerprint density at radius 1 is 0.415 bits per heavy atom. The first-order valence-corrected chi connectivity index (χ1v) is 22.7. The van der Waals surface area contributed by atoms with E-state index in [4.69, 9.17) is 28.4 Å². The molecule has 10 nitrogen and oxygen atoms in total. The lowest BCUT2D eigenvalue weighted by Gasteiger charge is -2.12. The van der Waals surface area contributed by atoms with Crippen molar-refractivity contribution in [2.24, 2.45) is 0 Å². The second kappa shape index (κ2) is 27.3. The number of ether oxygens (including phenoxy) is 6. The largest absolute Gasteiger partial charge is 0.494 e. The van der Waals surface area contributed by atoms with Crippen LogP contribution >= 0.6 is 0 Å². The van der Waals surface area contributed by atoms with Gasteiger partial charge in [-0.05, 0) is 128 Å². The number of carbonyl (C=O) groups excluding carboxylic acids is 4. The Bertz CT molecular complexity index is 2150. The molecule has 0 unspecified atom stereocenters. The standard InChI is InChI=1S/C55H60O10/c1-4-6-8-10-12-14-39-60-46-29-19-42(20-30-46)23-37-52(56)62-48-33-25-44(26-34-48)54(58)64-50-17-16-18-51(41(50)3)65-55(59)45-27-35-49(36-28-45)63-53(57)38-24-43-21-31-47(32-22-43)61-40-15-13-11-9-7-5-2/h16-38H,4-15,39-40H2,1-3H3/b37-23+,38-24+. The summed E-state index contributed by atoms with van der Waals surface area (Å²) in [6.45, 7) is 7.45. The zero-order chi connectivity index (χ0) is 46.1. The molecular weight excluding hydrogens is 821 g/mol. The van der Waals surface area contributed by atoms with E-state index in [1.807, 2.05) is 48.5 Å². The molecule has 0 amide bonds. The van der Waals surface area contributed by atoms with E-state index in [-0.39, 0.29) is 34.1 Å². The van der Waals surface area contributed by atoms with E-state index in [9.17, 15) is 19.2 Å². The summed E-state index contributed by atoms with van der Waals surface area (Å²) in [6.07, 6.45) is 20.4. The fourth-order valence-corrected chi connectivity index (χ4v) is 6.58. The van der Waals surface area contributed by atoms with Gasteiger partial charge in [0.05, 0.1) is 24.3 Å². The van der Waals surface area contributed by atoms with Crippen LogP contribution in [0.3, 0.4) is 0 Å². The van der Waals surface area contributed by atoms with Gasteiger partial charge in [-0.15, -0.1) is 0 Å². The van der Waals surface area contributed by atoms with Gasteiger partial charge in [-0.25, -0.2) is 19.2 Å². The first-order valence-electron chi connectivity index (χ1n) is 22.7. The lowest BCUT2D eigenvalue weighted by atomic mass is 10.1. The van der Waals surface area contributed by atoms with Crippen molar-refractivity contribution in [1.82, 2.24) is 0 Å². The third kappa shape index (κ3) is 17.6. The van der Waals surface area contributed by atoms with Gasteiger partial charge in [-0.3, -0.25) is 0 Å². The van der Waals surface area contributed by atoms with Gasteiger partial charge in [0.15, 0.2) is 0 Å². The molecule has 0 aliphatic heterocycles. The minimum atomic E-state index is -0.657. The van der Waals surface area contributed by atoms with Gasteiger partial charge in [-0.2, -0.15) is 0 Å². The Labute approximate surface area is 383 Å². The average Bonchev–Trinajstić information content (AvgIpc) is 3.32. The topological polar surface area (TPSA) is 124 Å². The first-order chi connectivity index (χ1) is 31.7. The number of esters is 4. The second-order valence-electron chi connectivity index (χ2n) is 15.6. The fraction of sp³-hybridized carbons (Fsp3) is 0.309. The number of carbonyl (C=O) groups is 4. The summed E-state index contributed by atoms with van der Waals surface area (Å²) in [5.74, 6) is 0.0149. The third-order valence-corrected chi connectivity index (χ3v) is 10.4. The number of unbranched alkanes of at least 4 members (excludes halogenated alkanes) is 10. The quantitative estimate of drug-likeness (QED) is 0.0229. The molecule has 5 aromatic carbocycles. The summed E-state index contributed by atoms with van der Waals surface area (Å²) in [7, 11) is 0. The maximum Gasteiger partial charge on any atom is 0.343 e. The predicted octanol–water partition coefficient (Wildman–Crippen LogP) is 13.1. The second-order valence-corrected chi connectivity index (χ2v) is 15.6. The van der Waals surface area contributed by atoms with Gasteiger partial charge < -0.3 is 28.4 Å². The summed E-state index contributed by atoms with van der Waals surface area (Å²) in [5, 5.41) is 0. The summed E-state index contributed by atoms with van der Waals surface area (Å²) >= 11 is 0. The smallest absolute Gasteiger partial charge is 0.343 e. The normalized spacial score (nSPS) is 11.1. The van der Waals surface area contributed by atoms with Crippen LogP contribution in [0.25, 0.3) is 12.2 Å². The molecule has 0 heterocycles. The van der Waals surface area contributed by atoms with E-state index in [0.717, 1.165) is 35.5 Å². The summed E-state index contributed by atoms with van der Waals surface area (Å²) in [4.78, 5) is 51.1. The predicted molar refractivity (Wildman–Crippen MR) is 254 cm³/mol. The SMILES string of the molecule is CCCCCCCCOc1ccc(/C=C/C(=O)Oc2ccc(C(=O)Oc3cccc(OC(=O)c4ccc(OC(=O)/C=C/c5ccc(OCCCCCCCC)cc5)cc4)c3C)cc2)cc1. The highest BCUT2D eigenvalue weighted by Crippen LogP contribution is 2.29. The number of benzene rings is 5. The Hall–Kier alpha value is -6.94. The zero-order valence-electron chi connectivity index (χ0n) is 37.8. The van der Waals surface area contributed by atoms with E-state index in [2.05, 4.69) is 13.8 Å². The number of hydrogen-bond acceptors (Lipinski definition) is 10. The van der Waals surface area contributed by atoms with E-state index < -0.39 is 23.9 Å². The molecule has 0 spiro atoms. The highest BCUT2D eigenvalue weighted by Gasteiger charge is 2.17. The molecule has 0 aliphatic rings. The highest BCUT2D eigenvalue weighted by atomic mass is 16.6. The first kappa shape index (κ1) is 49.1. The van der Waals surface area contributed by atoms with Gasteiger partial charge in [0, 0.05) is 17.7 Å². The Balaban J connectivity index is 1.03. The van der Waals surface area contributed by atoms with Crippen LogP contribution in [0.2, 0.25) is 0 Å². The van der Waals surface area contributed by atoms with E-state index in [1.54, 1.807) is 37.3 Å². The Morgan fingerprint density at radius 2 is 0.769 bits per heavy atom. The molecule has 0 saturated carbocycles. The monoisotopic (exact) mass is 880 g/mol. The van der Waals surface area contributed by atoms with Crippen LogP contribution in [-0.2, 0) is 9.59 Å². The average molecular weight is 881 g/mol. The van der Waals surface area contributed by atoms with Crippen molar-refractivity contribution in [1.29, 1.82) is 0 Å². The summed E-state index contributed by atoms with van der Waals surface area (Å²) < 4.78 is 33.8. The van der Waals surface area contributed by atoms with Crippen molar-refractivity contribution in [2.45, 2.75) is 97.8 Å². The van der Waals surface area contributed by atoms with Crippen molar-refractivity contribution in [3.8, 4) is 34.5 Å². The minimum absolute atomic E-state index is 0.196. The van der Waals surface area contributed by atoms with Crippen LogP contribution in [-0.4, -0.2) is 37.1 Å². The molecule has 0 N–H and O–H groups in total. The highest BCUT2D eigenvalue weighted by molar-refractivity contribution is 5.93. The van der Waals surface area contributed by atoms with Crippen LogP contribution in [0.1, 0.15) is 128 Å². The molecule has 0 aliphatic carbocycles. The molecule has 0 bridgehead atoms. The Kier molecular flexibility index (Phi) is 20.6. The van der Waals surface area contributed by atoms with Gasteiger partial charge >= 0.3 is 23.9 Å². The van der Waals surface area contributed by atoms with Gasteiger partial charge in [0.1, 0.15) is 34.5 Å². The molecule has 5 rings (SSSR count). The van der Waals surface area contributed by atoms with E-state index >= 15 is 0 Å². The maximum absolute atomic E-state index is 13.1. The Morgan fingerprint density at radius 3 is 1.15 bits per heavy atom. The van der Waals surface area contributed by atoms with Crippen LogP contribution in [0.5, 0.6) is 34.5 Å². The van der Waals surface area contributed by atoms with Gasteiger partial charge in [-0.1, -0.05) is 108 Å². The molecule has 0 radical (unpaired) electrons. The molecule has 5 aromatic rings. The van der Waals surface area contributed by atoms with E-state index in [0.29, 0.717) is 18.8 Å². The van der Waals surface area contributed by atoms with Gasteiger partial charge in [0.2, 0.25) is 0 Å². The van der Waals surface area contributed by atoms with Crippen molar-refractivity contribution in [2.75, 3.05) is 13.2 Å². The fourth-order valence-electron chi connectivity index (χ4n) is 6.58. The van der Waals surface area contributed by atoms with Crippen LogP contribution in [0, 0.1) is 6.92 Å². The molecule has 65 heavy (non-hydrogen) atoms. The molecule has 0 aromatic heterocycles. The number of rotatable bonds is 26. The van der Waals surface area contributed by atoms with Crippen molar-refractivity contribution >= 4 is 36.0 Å². The van der Waals surface area contributed by atoms with Crippen LogP contribution in [0.15, 0.2) is 127 Å². The molecule has 0 saturated heterocycles. The van der Waals surface area contributed by atoms with Crippen molar-refractivity contribution in [3.05, 3.63) is 155 Å². The molecular formula is C55H60O10. The lowest BCUT2D eigenvalue weighted by Crippen LogP contribution is -2.12. The summed E-state index contributed by atoms with van der Waals surface area (Å²) in [5.41, 5.74) is 2.50. The lowest BCUT2D eigenvalue weighted by molar-refractivity contribution is -0.129. The minimum Gasteiger partial charge on any atom is -0.494 e. The third-order valence-electron chi connectivity index (χ3n) is 10.4. The zero-order valence-corrected chi connectivity index (χ0v) is 37.8. The van der Waals surface area contributed by atoms with Gasteiger partial charge in [0.25, 0.3) is 0 Å². The van der Waals surface area contributed by atoms with Crippen molar-refractivity contribution < 1.29 is 47.6 Å².